The van der Waals surface area contributed by atoms with Gasteiger partial charge in [-0.3, -0.25) is 4.79 Å². The van der Waals surface area contributed by atoms with Crippen molar-refractivity contribution in [2.24, 2.45) is 5.41 Å². The van der Waals surface area contributed by atoms with Gasteiger partial charge in [-0.15, -0.1) is 5.10 Å². The van der Waals surface area contributed by atoms with Gasteiger partial charge in [0.1, 0.15) is 23.4 Å². The average molecular weight is 540 g/mol. The minimum atomic E-state index is -0.379. The van der Waals surface area contributed by atoms with Crippen LogP contribution in [0.1, 0.15) is 49.6 Å². The van der Waals surface area contributed by atoms with E-state index in [1.165, 1.54) is 11.8 Å². The van der Waals surface area contributed by atoms with Gasteiger partial charge in [-0.1, -0.05) is 49.9 Å². The van der Waals surface area contributed by atoms with E-state index in [1.807, 2.05) is 48.5 Å². The second-order valence-electron chi connectivity index (χ2n) is 10.6. The van der Waals surface area contributed by atoms with Crippen molar-refractivity contribution in [2.75, 3.05) is 7.11 Å². The summed E-state index contributed by atoms with van der Waals surface area (Å²) < 4.78 is 19.2. The van der Waals surface area contributed by atoms with E-state index in [4.69, 9.17) is 18.9 Å². The number of oxazole rings is 1. The molecule has 5 aromatic rings. The Morgan fingerprint density at radius 2 is 1.92 bits per heavy atom. The molecule has 0 saturated carbocycles. The fraction of sp³-hybridized carbons (Fsp3) is 0.276. The number of allylic oxidation sites excluding steroid dienone is 2. The minimum absolute atomic E-state index is 0.0842. The number of Topliss-reactive ketones (excluding diaryl/α,β-unsaturated/α-hetero) is 1. The third-order valence-electron chi connectivity index (χ3n) is 7.16. The molecule has 0 saturated heterocycles. The van der Waals surface area contributed by atoms with E-state index in [9.17, 15) is 4.79 Å². The molecule has 2 aromatic carbocycles. The molecule has 10 heteroatoms. The van der Waals surface area contributed by atoms with Gasteiger partial charge in [-0.25, -0.2) is 19.5 Å². The second-order valence-corrected chi connectivity index (χ2v) is 11.5. The smallest absolute Gasteiger partial charge is 0.257 e. The third kappa shape index (κ3) is 4.15. The third-order valence-corrected chi connectivity index (χ3v) is 7.98. The highest BCUT2D eigenvalue weighted by Crippen LogP contribution is 2.50. The standard InChI is InChI=1S/C29H25N5O4S/c1-29(2)12-19(35)24-21(13-29)37-27-25(23(24)16-8-10-17(36-3)11-9-16)26-32-22(33-34(26)15-30-27)14-39-28-31-18-6-4-5-7-20(18)38-28/h4-11,15,23H,12-14H2,1-3H3/t23-/m1/s1. The van der Waals surface area contributed by atoms with Crippen LogP contribution in [0.25, 0.3) is 16.7 Å². The quantitative estimate of drug-likeness (QED) is 0.259. The van der Waals surface area contributed by atoms with Gasteiger partial charge in [0.2, 0.25) is 5.88 Å². The van der Waals surface area contributed by atoms with Crippen LogP contribution >= 0.6 is 11.8 Å². The number of hydrogen-bond acceptors (Lipinski definition) is 9. The van der Waals surface area contributed by atoms with Crippen LogP contribution in [0.5, 0.6) is 11.6 Å². The Balaban J connectivity index is 1.31. The first kappa shape index (κ1) is 23.9. The van der Waals surface area contributed by atoms with Crippen molar-refractivity contribution in [2.45, 2.75) is 43.6 Å². The monoisotopic (exact) mass is 539 g/mol. The maximum Gasteiger partial charge on any atom is 0.257 e. The normalized spacial score (nSPS) is 18.2. The highest BCUT2D eigenvalue weighted by molar-refractivity contribution is 7.98. The van der Waals surface area contributed by atoms with Gasteiger partial charge < -0.3 is 13.9 Å². The number of para-hydroxylation sites is 2. The number of benzene rings is 2. The number of carbonyl (C=O) groups excluding carboxylic acids is 1. The van der Waals surface area contributed by atoms with Crippen molar-refractivity contribution >= 4 is 34.3 Å². The van der Waals surface area contributed by atoms with E-state index in [0.29, 0.717) is 52.5 Å². The van der Waals surface area contributed by atoms with Crippen molar-refractivity contribution in [3.8, 4) is 11.6 Å². The molecule has 7 rings (SSSR count). The Morgan fingerprint density at radius 3 is 2.72 bits per heavy atom. The van der Waals surface area contributed by atoms with Crippen LogP contribution in [0.4, 0.5) is 0 Å². The Bertz CT molecular complexity index is 1750. The highest BCUT2D eigenvalue weighted by atomic mass is 32.2. The number of fused-ring (bicyclic) bond motifs is 4. The topological polar surface area (TPSA) is 105 Å². The Labute approximate surface area is 228 Å². The molecule has 0 bridgehead atoms. The second kappa shape index (κ2) is 8.94. The molecular formula is C29H25N5O4S. The molecule has 0 N–H and O–H groups in total. The molecule has 39 heavy (non-hydrogen) atoms. The zero-order valence-electron chi connectivity index (χ0n) is 21.7. The maximum absolute atomic E-state index is 13.6. The average Bonchev–Trinajstić information content (AvgIpc) is 3.53. The van der Waals surface area contributed by atoms with Crippen molar-refractivity contribution < 1.29 is 18.7 Å². The van der Waals surface area contributed by atoms with Gasteiger partial charge in [0.25, 0.3) is 5.22 Å². The van der Waals surface area contributed by atoms with Crippen molar-refractivity contribution in [1.29, 1.82) is 0 Å². The predicted molar refractivity (Wildman–Crippen MR) is 145 cm³/mol. The lowest BCUT2D eigenvalue weighted by molar-refractivity contribution is -0.118. The molecule has 4 heterocycles. The summed E-state index contributed by atoms with van der Waals surface area (Å²) in [6.07, 6.45) is 2.72. The fourth-order valence-electron chi connectivity index (χ4n) is 5.42. The SMILES string of the molecule is COc1ccc([C@@H]2C3=C(CC(C)(C)CC3=O)Oc3ncn4nc(CSc5nc6ccccc6o5)nc4c32)cc1. The van der Waals surface area contributed by atoms with Gasteiger partial charge in [0.15, 0.2) is 22.8 Å². The summed E-state index contributed by atoms with van der Waals surface area (Å²) in [5.41, 5.74) is 4.33. The maximum atomic E-state index is 13.6. The first-order valence-corrected chi connectivity index (χ1v) is 13.7. The molecule has 9 nitrogen and oxygen atoms in total. The fourth-order valence-corrected chi connectivity index (χ4v) is 6.11. The molecule has 0 radical (unpaired) electrons. The van der Waals surface area contributed by atoms with E-state index < -0.39 is 0 Å². The number of nitrogens with zero attached hydrogens (tertiary/aromatic N) is 5. The van der Waals surface area contributed by atoms with Gasteiger partial charge in [0, 0.05) is 24.3 Å². The number of carbonyl (C=O) groups is 1. The van der Waals surface area contributed by atoms with Gasteiger partial charge in [-0.05, 0) is 35.2 Å². The summed E-state index contributed by atoms with van der Waals surface area (Å²) >= 11 is 1.43. The molecule has 0 spiro atoms. The first-order chi connectivity index (χ1) is 18.9. The molecular weight excluding hydrogens is 514 g/mol. The first-order valence-electron chi connectivity index (χ1n) is 12.7. The zero-order chi connectivity index (χ0) is 26.7. The number of rotatable bonds is 5. The zero-order valence-corrected chi connectivity index (χ0v) is 22.5. The van der Waals surface area contributed by atoms with Gasteiger partial charge in [-0.2, -0.15) is 0 Å². The summed E-state index contributed by atoms with van der Waals surface area (Å²) in [6, 6.07) is 15.4. The highest BCUT2D eigenvalue weighted by Gasteiger charge is 2.44. The summed E-state index contributed by atoms with van der Waals surface area (Å²) in [5, 5.41) is 5.22. The molecule has 1 aliphatic carbocycles. The van der Waals surface area contributed by atoms with Crippen LogP contribution in [0.15, 0.2) is 75.8 Å². The van der Waals surface area contributed by atoms with Crippen LogP contribution in [0.3, 0.4) is 0 Å². The summed E-state index contributed by atoms with van der Waals surface area (Å²) in [5.74, 6) is 2.65. The predicted octanol–water partition coefficient (Wildman–Crippen LogP) is 5.73. The molecule has 1 aliphatic heterocycles. The Hall–Kier alpha value is -4.18. The van der Waals surface area contributed by atoms with Gasteiger partial charge in [0.05, 0.1) is 18.4 Å². The largest absolute Gasteiger partial charge is 0.497 e. The van der Waals surface area contributed by atoms with Crippen LogP contribution in [0.2, 0.25) is 0 Å². The van der Waals surface area contributed by atoms with Crippen LogP contribution < -0.4 is 9.47 Å². The number of aromatic nitrogens is 5. The van der Waals surface area contributed by atoms with Crippen LogP contribution in [0, 0.1) is 5.41 Å². The van der Waals surface area contributed by atoms with Crippen molar-refractivity contribution in [3.05, 3.63) is 83.1 Å². The molecule has 1 atom stereocenters. The molecule has 0 amide bonds. The lowest BCUT2D eigenvalue weighted by atomic mass is 9.70. The number of ether oxygens (including phenoxy) is 2. The van der Waals surface area contributed by atoms with Crippen molar-refractivity contribution in [1.82, 2.24) is 24.6 Å². The molecule has 2 aliphatic rings. The summed E-state index contributed by atoms with van der Waals surface area (Å²) in [4.78, 5) is 27.6. The van der Waals surface area contributed by atoms with E-state index in [2.05, 4.69) is 28.9 Å². The Kier molecular flexibility index (Phi) is 5.48. The lowest BCUT2D eigenvalue weighted by Gasteiger charge is -2.37. The number of ketones is 1. The van der Waals surface area contributed by atoms with Crippen molar-refractivity contribution in [3.63, 3.8) is 0 Å². The van der Waals surface area contributed by atoms with E-state index in [-0.39, 0.29) is 17.1 Å². The molecule has 0 fully saturated rings. The summed E-state index contributed by atoms with van der Waals surface area (Å²) in [6.45, 7) is 4.18. The van der Waals surface area contributed by atoms with Gasteiger partial charge >= 0.3 is 0 Å². The van der Waals surface area contributed by atoms with Crippen LogP contribution in [-0.4, -0.2) is 37.5 Å². The van der Waals surface area contributed by atoms with E-state index in [1.54, 1.807) is 18.0 Å². The van der Waals surface area contributed by atoms with E-state index >= 15 is 0 Å². The molecule has 196 valence electrons. The minimum Gasteiger partial charge on any atom is -0.497 e. The van der Waals surface area contributed by atoms with E-state index in [0.717, 1.165) is 28.0 Å². The Morgan fingerprint density at radius 1 is 1.10 bits per heavy atom. The molecule has 3 aromatic heterocycles. The molecule has 0 unspecified atom stereocenters. The number of thioether (sulfide) groups is 1. The lowest BCUT2D eigenvalue weighted by Crippen LogP contribution is -2.33. The number of hydrogen-bond donors (Lipinski definition) is 0. The van der Waals surface area contributed by atoms with Crippen LogP contribution in [-0.2, 0) is 10.5 Å². The summed E-state index contributed by atoms with van der Waals surface area (Å²) in [7, 11) is 1.64. The number of methoxy groups -OCH3 is 1.